The molecule has 7 nitrogen and oxygen atoms in total. The summed E-state index contributed by atoms with van der Waals surface area (Å²) in [6.07, 6.45) is 1.47. The summed E-state index contributed by atoms with van der Waals surface area (Å²) in [5.74, 6) is -0.991. The van der Waals surface area contributed by atoms with Crippen LogP contribution in [0.2, 0.25) is 0 Å². The van der Waals surface area contributed by atoms with Gasteiger partial charge in [-0.3, -0.25) is 14.9 Å². The Labute approximate surface area is 127 Å². The number of hydrogen-bond acceptors (Lipinski definition) is 5. The molecule has 1 aliphatic heterocycles. The molecule has 0 bridgehead atoms. The van der Waals surface area contributed by atoms with Crippen LogP contribution in [-0.2, 0) is 4.79 Å². The predicted octanol–water partition coefficient (Wildman–Crippen LogP) is 1.03. The summed E-state index contributed by atoms with van der Waals surface area (Å²) in [5, 5.41) is 13.8. The molecule has 3 N–H and O–H groups in total. The van der Waals surface area contributed by atoms with Gasteiger partial charge in [0, 0.05) is 26.2 Å². The largest absolute Gasteiger partial charge is 0.365 e. The molecule has 0 aliphatic carbocycles. The van der Waals surface area contributed by atoms with Crippen molar-refractivity contribution in [2.24, 2.45) is 11.7 Å². The number of nitrogens with two attached hydrogens (primary N) is 1. The molecule has 0 aromatic heterocycles. The first kappa shape index (κ1) is 16.2. The molecule has 0 spiro atoms. The zero-order chi connectivity index (χ0) is 16.1. The van der Waals surface area contributed by atoms with Gasteiger partial charge in [0.15, 0.2) is 0 Å². The van der Waals surface area contributed by atoms with E-state index in [2.05, 4.69) is 5.32 Å². The van der Waals surface area contributed by atoms with Crippen LogP contribution in [0.3, 0.4) is 0 Å². The Kier molecular flexibility index (Phi) is 5.26. The van der Waals surface area contributed by atoms with Crippen LogP contribution in [0.5, 0.6) is 0 Å². The van der Waals surface area contributed by atoms with Crippen molar-refractivity contribution < 1.29 is 14.1 Å². The third-order valence-electron chi connectivity index (χ3n) is 3.71. The minimum absolute atomic E-state index is 0.0973. The first-order valence-electron chi connectivity index (χ1n) is 7.19. The minimum atomic E-state index is -0.648. The molecule has 1 unspecified atom stereocenters. The second-order valence-electron chi connectivity index (χ2n) is 5.26. The van der Waals surface area contributed by atoms with E-state index in [1.54, 1.807) is 4.90 Å². The summed E-state index contributed by atoms with van der Waals surface area (Å²) >= 11 is 0. The summed E-state index contributed by atoms with van der Waals surface area (Å²) in [6.45, 7) is 1.76. The highest BCUT2D eigenvalue weighted by atomic mass is 19.1. The quantitative estimate of drug-likeness (QED) is 0.624. The molecule has 1 fully saturated rings. The molecular weight excluding hydrogens is 291 g/mol. The van der Waals surface area contributed by atoms with Crippen molar-refractivity contribution in [1.82, 2.24) is 5.32 Å². The Bertz CT molecular complexity index is 567. The first-order chi connectivity index (χ1) is 10.5. The number of carbonyl (C=O) groups is 1. The van der Waals surface area contributed by atoms with Crippen molar-refractivity contribution in [3.8, 4) is 0 Å². The molecule has 8 heteroatoms. The molecule has 1 aliphatic rings. The number of rotatable bonds is 5. The number of piperidine rings is 1. The average Bonchev–Trinajstić information content (AvgIpc) is 2.52. The Balaban J connectivity index is 2.16. The van der Waals surface area contributed by atoms with E-state index < -0.39 is 10.7 Å². The van der Waals surface area contributed by atoms with Crippen molar-refractivity contribution >= 4 is 17.3 Å². The number of anilines is 1. The third kappa shape index (κ3) is 3.70. The molecule has 1 amide bonds. The lowest BCUT2D eigenvalue weighted by atomic mass is 9.96. The van der Waals surface area contributed by atoms with Gasteiger partial charge in [0.25, 0.3) is 5.69 Å². The average molecular weight is 310 g/mol. The lowest BCUT2D eigenvalue weighted by Gasteiger charge is -2.33. The van der Waals surface area contributed by atoms with E-state index >= 15 is 0 Å². The highest BCUT2D eigenvalue weighted by Crippen LogP contribution is 2.32. The molecule has 1 saturated heterocycles. The second kappa shape index (κ2) is 7.17. The molecule has 1 aromatic rings. The number of hydrogen-bond donors (Lipinski definition) is 2. The van der Waals surface area contributed by atoms with Gasteiger partial charge in [0.1, 0.15) is 11.5 Å². The monoisotopic (exact) mass is 310 g/mol. The van der Waals surface area contributed by atoms with Crippen molar-refractivity contribution in [3.05, 3.63) is 34.1 Å². The predicted molar refractivity (Wildman–Crippen MR) is 80.1 cm³/mol. The van der Waals surface area contributed by atoms with Gasteiger partial charge in [0.05, 0.1) is 16.9 Å². The van der Waals surface area contributed by atoms with Gasteiger partial charge in [-0.2, -0.15) is 0 Å². The number of nitro benzene ring substituents is 1. The molecule has 1 aromatic carbocycles. The maximum atomic E-state index is 13.2. The SMILES string of the molecule is NCCNC(=O)C1CCCN(c2ccc(F)cc2[N+](=O)[O-])C1. The van der Waals surface area contributed by atoms with E-state index in [1.165, 1.54) is 12.1 Å². The van der Waals surface area contributed by atoms with Crippen molar-refractivity contribution in [1.29, 1.82) is 0 Å². The van der Waals surface area contributed by atoms with E-state index in [0.29, 0.717) is 31.9 Å². The fourth-order valence-corrected chi connectivity index (χ4v) is 2.66. The first-order valence-corrected chi connectivity index (χ1v) is 7.19. The fraction of sp³-hybridized carbons (Fsp3) is 0.500. The molecule has 120 valence electrons. The van der Waals surface area contributed by atoms with Gasteiger partial charge in [-0.05, 0) is 25.0 Å². The van der Waals surface area contributed by atoms with Crippen molar-refractivity contribution in [2.75, 3.05) is 31.1 Å². The topological polar surface area (TPSA) is 102 Å². The van der Waals surface area contributed by atoms with Gasteiger partial charge in [-0.15, -0.1) is 0 Å². The van der Waals surface area contributed by atoms with E-state index in [-0.39, 0.29) is 17.5 Å². The molecule has 0 saturated carbocycles. The lowest BCUT2D eigenvalue weighted by molar-refractivity contribution is -0.384. The lowest BCUT2D eigenvalue weighted by Crippen LogP contribution is -2.44. The van der Waals surface area contributed by atoms with Crippen LogP contribution in [-0.4, -0.2) is 37.0 Å². The summed E-state index contributed by atoms with van der Waals surface area (Å²) in [4.78, 5) is 24.3. The zero-order valence-corrected chi connectivity index (χ0v) is 12.1. The van der Waals surface area contributed by atoms with E-state index in [0.717, 1.165) is 18.9 Å². The maximum absolute atomic E-state index is 13.2. The molecule has 0 radical (unpaired) electrons. The molecule has 1 heterocycles. The number of amides is 1. The van der Waals surface area contributed by atoms with Gasteiger partial charge < -0.3 is 16.0 Å². The van der Waals surface area contributed by atoms with Crippen LogP contribution in [0.4, 0.5) is 15.8 Å². The summed E-state index contributed by atoms with van der Waals surface area (Å²) < 4.78 is 13.2. The Morgan fingerprint density at radius 2 is 2.32 bits per heavy atom. The zero-order valence-electron chi connectivity index (χ0n) is 12.1. The van der Waals surface area contributed by atoms with Crippen LogP contribution in [0.15, 0.2) is 18.2 Å². The Morgan fingerprint density at radius 3 is 3.00 bits per heavy atom. The smallest absolute Gasteiger partial charge is 0.295 e. The van der Waals surface area contributed by atoms with Gasteiger partial charge in [0.2, 0.25) is 5.91 Å². The van der Waals surface area contributed by atoms with Crippen LogP contribution >= 0.6 is 0 Å². The number of benzene rings is 1. The van der Waals surface area contributed by atoms with E-state index in [4.69, 9.17) is 5.73 Å². The Morgan fingerprint density at radius 1 is 1.55 bits per heavy atom. The maximum Gasteiger partial charge on any atom is 0.295 e. The number of carbonyl (C=O) groups excluding carboxylic acids is 1. The van der Waals surface area contributed by atoms with Crippen LogP contribution < -0.4 is 16.0 Å². The molecule has 1 atom stereocenters. The van der Waals surface area contributed by atoms with Crippen LogP contribution in [0.25, 0.3) is 0 Å². The second-order valence-corrected chi connectivity index (χ2v) is 5.26. The molecule has 22 heavy (non-hydrogen) atoms. The van der Waals surface area contributed by atoms with Gasteiger partial charge in [-0.1, -0.05) is 0 Å². The summed E-state index contributed by atoms with van der Waals surface area (Å²) in [7, 11) is 0. The van der Waals surface area contributed by atoms with E-state index in [1.807, 2.05) is 0 Å². The van der Waals surface area contributed by atoms with Crippen molar-refractivity contribution in [3.63, 3.8) is 0 Å². The number of nitrogens with zero attached hydrogens (tertiary/aromatic N) is 2. The standard InChI is InChI=1S/C14H19FN4O3/c15-11-3-4-12(13(8-11)19(21)22)18-7-1-2-10(9-18)14(20)17-6-5-16/h3-4,8,10H,1-2,5-7,9,16H2,(H,17,20). The normalized spacial score (nSPS) is 18.1. The molecule has 2 rings (SSSR count). The van der Waals surface area contributed by atoms with Gasteiger partial charge >= 0.3 is 0 Å². The third-order valence-corrected chi connectivity index (χ3v) is 3.71. The number of nitrogens with one attached hydrogen (secondary N) is 1. The Hall–Kier alpha value is -2.22. The van der Waals surface area contributed by atoms with E-state index in [9.17, 15) is 19.3 Å². The highest BCUT2D eigenvalue weighted by molar-refractivity contribution is 5.80. The number of nitro groups is 1. The summed E-state index contributed by atoms with van der Waals surface area (Å²) in [6, 6.07) is 3.50. The van der Waals surface area contributed by atoms with Crippen LogP contribution in [0.1, 0.15) is 12.8 Å². The molecular formula is C14H19FN4O3. The fourth-order valence-electron chi connectivity index (χ4n) is 2.66. The summed E-state index contributed by atoms with van der Waals surface area (Å²) in [5.41, 5.74) is 5.43. The van der Waals surface area contributed by atoms with Gasteiger partial charge in [-0.25, -0.2) is 4.39 Å². The van der Waals surface area contributed by atoms with Crippen molar-refractivity contribution in [2.45, 2.75) is 12.8 Å². The number of halogens is 1. The minimum Gasteiger partial charge on any atom is -0.365 e. The van der Waals surface area contributed by atoms with Crippen LogP contribution in [0, 0.1) is 21.8 Å². The highest BCUT2D eigenvalue weighted by Gasteiger charge is 2.29.